The lowest BCUT2D eigenvalue weighted by atomic mass is 10.2. The number of anilines is 1. The van der Waals surface area contributed by atoms with Crippen molar-refractivity contribution in [1.29, 1.82) is 0 Å². The molecule has 3 N–H and O–H groups in total. The average Bonchev–Trinajstić information content (AvgIpc) is 3.04. The van der Waals surface area contributed by atoms with Gasteiger partial charge in [0.05, 0.1) is 6.21 Å². The summed E-state index contributed by atoms with van der Waals surface area (Å²) in [5.41, 5.74) is 4.38. The van der Waals surface area contributed by atoms with Crippen LogP contribution >= 0.6 is 23.4 Å². The minimum Gasteiger partial charge on any atom is -0.507 e. The van der Waals surface area contributed by atoms with Crippen LogP contribution < -0.4 is 5.43 Å². The van der Waals surface area contributed by atoms with Crippen LogP contribution in [0.5, 0.6) is 5.75 Å². The van der Waals surface area contributed by atoms with E-state index in [1.165, 1.54) is 18.0 Å². The molecule has 0 amide bonds. The van der Waals surface area contributed by atoms with Crippen LogP contribution in [-0.4, -0.2) is 26.5 Å². The van der Waals surface area contributed by atoms with E-state index in [1.54, 1.807) is 18.2 Å². The number of nitrogens with one attached hydrogen (secondary N) is 2. The lowest BCUT2D eigenvalue weighted by Crippen LogP contribution is -1.92. The van der Waals surface area contributed by atoms with Gasteiger partial charge >= 0.3 is 0 Å². The number of aromatic nitrogens is 3. The third-order valence-electron chi connectivity index (χ3n) is 3.09. The first-order valence-electron chi connectivity index (χ1n) is 7.08. The van der Waals surface area contributed by atoms with Gasteiger partial charge in [-0.1, -0.05) is 53.7 Å². The number of para-hydroxylation sites is 1. The Morgan fingerprint density at radius 3 is 2.83 bits per heavy atom. The SMILES string of the molecule is Oc1ccccc1/C=N/Nc1nc(SCc2ccccc2Cl)n[nH]1. The van der Waals surface area contributed by atoms with Crippen LogP contribution in [0.3, 0.4) is 0 Å². The van der Waals surface area contributed by atoms with E-state index in [4.69, 9.17) is 11.6 Å². The van der Waals surface area contributed by atoms with E-state index in [2.05, 4.69) is 25.7 Å². The molecule has 0 saturated carbocycles. The highest BCUT2D eigenvalue weighted by atomic mass is 35.5. The smallest absolute Gasteiger partial charge is 0.240 e. The van der Waals surface area contributed by atoms with Crippen molar-refractivity contribution in [2.24, 2.45) is 5.10 Å². The summed E-state index contributed by atoms with van der Waals surface area (Å²) >= 11 is 7.59. The molecule has 0 spiro atoms. The van der Waals surface area contributed by atoms with Crippen molar-refractivity contribution in [2.75, 3.05) is 5.43 Å². The molecule has 3 rings (SSSR count). The van der Waals surface area contributed by atoms with E-state index in [9.17, 15) is 5.11 Å². The number of hydrazone groups is 1. The zero-order valence-electron chi connectivity index (χ0n) is 12.5. The average molecular weight is 360 g/mol. The monoisotopic (exact) mass is 359 g/mol. The van der Waals surface area contributed by atoms with Gasteiger partial charge in [0.1, 0.15) is 5.75 Å². The number of halogens is 1. The first-order valence-corrected chi connectivity index (χ1v) is 8.44. The van der Waals surface area contributed by atoms with E-state index in [1.807, 2.05) is 30.3 Å². The maximum atomic E-state index is 9.64. The number of phenols is 1. The van der Waals surface area contributed by atoms with E-state index in [0.717, 1.165) is 10.6 Å². The molecular weight excluding hydrogens is 346 g/mol. The number of benzene rings is 2. The van der Waals surface area contributed by atoms with Crippen molar-refractivity contribution < 1.29 is 5.11 Å². The van der Waals surface area contributed by atoms with Gasteiger partial charge < -0.3 is 5.11 Å². The Kier molecular flexibility index (Phi) is 5.35. The molecule has 0 aliphatic heterocycles. The normalized spacial score (nSPS) is 11.0. The molecule has 0 saturated heterocycles. The number of nitrogens with zero attached hydrogens (tertiary/aromatic N) is 3. The number of phenolic OH excluding ortho intramolecular Hbond substituents is 1. The summed E-state index contributed by atoms with van der Waals surface area (Å²) in [7, 11) is 0. The molecule has 24 heavy (non-hydrogen) atoms. The van der Waals surface area contributed by atoms with Gasteiger partial charge in [0.2, 0.25) is 11.1 Å². The molecule has 0 fully saturated rings. The number of H-pyrrole nitrogens is 1. The fourth-order valence-corrected chi connectivity index (χ4v) is 2.96. The first kappa shape index (κ1) is 16.4. The summed E-state index contributed by atoms with van der Waals surface area (Å²) < 4.78 is 0. The van der Waals surface area contributed by atoms with Gasteiger partial charge in [-0.05, 0) is 23.8 Å². The molecule has 3 aromatic rings. The van der Waals surface area contributed by atoms with Crippen LogP contribution in [0.1, 0.15) is 11.1 Å². The number of hydrogen-bond donors (Lipinski definition) is 3. The highest BCUT2D eigenvalue weighted by Crippen LogP contribution is 2.24. The minimum atomic E-state index is 0.164. The van der Waals surface area contributed by atoms with Gasteiger partial charge in [-0.2, -0.15) is 10.1 Å². The Morgan fingerprint density at radius 1 is 1.21 bits per heavy atom. The van der Waals surface area contributed by atoms with Gasteiger partial charge in [-0.25, -0.2) is 10.5 Å². The third kappa shape index (κ3) is 4.27. The van der Waals surface area contributed by atoms with Crippen LogP contribution in [0.15, 0.2) is 58.8 Å². The van der Waals surface area contributed by atoms with E-state index >= 15 is 0 Å². The van der Waals surface area contributed by atoms with Crippen LogP contribution in [0, 0.1) is 0 Å². The molecule has 0 atom stereocenters. The first-order chi connectivity index (χ1) is 11.7. The van der Waals surface area contributed by atoms with Gasteiger partial charge in [0.25, 0.3) is 0 Å². The summed E-state index contributed by atoms with van der Waals surface area (Å²) in [4.78, 5) is 4.27. The summed E-state index contributed by atoms with van der Waals surface area (Å²) in [5, 5.41) is 21.8. The molecule has 0 unspecified atom stereocenters. The quantitative estimate of drug-likeness (QED) is 0.353. The number of rotatable bonds is 6. The molecule has 0 aliphatic carbocycles. The molecule has 1 heterocycles. The zero-order valence-corrected chi connectivity index (χ0v) is 14.1. The summed E-state index contributed by atoms with van der Waals surface area (Å²) in [5.74, 6) is 1.26. The Hall–Kier alpha value is -2.51. The van der Waals surface area contributed by atoms with E-state index in [-0.39, 0.29) is 5.75 Å². The summed E-state index contributed by atoms with van der Waals surface area (Å²) in [6.07, 6.45) is 1.51. The minimum absolute atomic E-state index is 0.164. The number of aromatic amines is 1. The van der Waals surface area contributed by atoms with Crippen molar-refractivity contribution in [3.05, 3.63) is 64.7 Å². The van der Waals surface area contributed by atoms with Crippen molar-refractivity contribution in [3.8, 4) is 5.75 Å². The molecule has 0 radical (unpaired) electrons. The maximum Gasteiger partial charge on any atom is 0.240 e. The fraction of sp³-hybridized carbons (Fsp3) is 0.0625. The molecule has 6 nitrogen and oxygen atoms in total. The van der Waals surface area contributed by atoms with Gasteiger partial charge in [0, 0.05) is 16.3 Å². The largest absolute Gasteiger partial charge is 0.507 e. The molecule has 122 valence electrons. The van der Waals surface area contributed by atoms with Gasteiger partial charge in [0.15, 0.2) is 0 Å². The van der Waals surface area contributed by atoms with Gasteiger partial charge in [-0.15, -0.1) is 5.10 Å². The molecule has 0 aliphatic rings. The van der Waals surface area contributed by atoms with Crippen molar-refractivity contribution in [2.45, 2.75) is 10.9 Å². The fourth-order valence-electron chi connectivity index (χ4n) is 1.88. The molecule has 0 bridgehead atoms. The van der Waals surface area contributed by atoms with E-state index in [0.29, 0.717) is 22.4 Å². The van der Waals surface area contributed by atoms with Crippen molar-refractivity contribution >= 4 is 35.5 Å². The third-order valence-corrected chi connectivity index (χ3v) is 4.36. The Bertz CT molecular complexity index is 852. The standard InChI is InChI=1S/C16H14ClN5OS/c17-13-7-3-1-6-12(13)10-24-16-19-15(21-22-16)20-18-9-11-5-2-4-8-14(11)23/h1-9,23H,10H2,(H2,19,20,21,22)/b18-9+. The molecular formula is C16H14ClN5OS. The zero-order chi connectivity index (χ0) is 16.8. The van der Waals surface area contributed by atoms with Crippen LogP contribution in [0.25, 0.3) is 0 Å². The molecule has 2 aromatic carbocycles. The second-order valence-electron chi connectivity index (χ2n) is 4.78. The second-order valence-corrected chi connectivity index (χ2v) is 6.13. The number of aromatic hydroxyl groups is 1. The van der Waals surface area contributed by atoms with Crippen LogP contribution in [0.4, 0.5) is 5.95 Å². The Morgan fingerprint density at radius 2 is 2.00 bits per heavy atom. The topological polar surface area (TPSA) is 86.2 Å². The molecule has 8 heteroatoms. The highest BCUT2D eigenvalue weighted by Gasteiger charge is 2.05. The lowest BCUT2D eigenvalue weighted by Gasteiger charge is -2.00. The highest BCUT2D eigenvalue weighted by molar-refractivity contribution is 7.98. The van der Waals surface area contributed by atoms with Gasteiger partial charge in [-0.3, -0.25) is 0 Å². The van der Waals surface area contributed by atoms with E-state index < -0.39 is 0 Å². The van der Waals surface area contributed by atoms with Crippen LogP contribution in [0.2, 0.25) is 5.02 Å². The summed E-state index contributed by atoms with van der Waals surface area (Å²) in [6.45, 7) is 0. The Labute approximate surface area is 148 Å². The van der Waals surface area contributed by atoms with Crippen molar-refractivity contribution in [1.82, 2.24) is 15.2 Å². The predicted molar refractivity (Wildman–Crippen MR) is 96.7 cm³/mol. The van der Waals surface area contributed by atoms with Crippen LogP contribution in [-0.2, 0) is 5.75 Å². The number of hydrogen-bond acceptors (Lipinski definition) is 6. The predicted octanol–water partition coefficient (Wildman–Crippen LogP) is 3.90. The van der Waals surface area contributed by atoms with Crippen molar-refractivity contribution in [3.63, 3.8) is 0 Å². The molecule has 1 aromatic heterocycles. The second kappa shape index (κ2) is 7.85. The lowest BCUT2D eigenvalue weighted by molar-refractivity contribution is 0.474. The Balaban J connectivity index is 1.56. The summed E-state index contributed by atoms with van der Waals surface area (Å²) in [6, 6.07) is 14.6. The number of thioether (sulfide) groups is 1. The maximum absolute atomic E-state index is 9.64.